The second-order valence-corrected chi connectivity index (χ2v) is 3.97. The van der Waals surface area contributed by atoms with Gasteiger partial charge in [0, 0.05) is 19.3 Å². The molecule has 1 aromatic rings. The van der Waals surface area contributed by atoms with Crippen LogP contribution in [0, 0.1) is 5.41 Å². The number of hydrogen-bond donors (Lipinski definition) is 3. The Hall–Kier alpha value is -1.67. The Balaban J connectivity index is 2.87. The van der Waals surface area contributed by atoms with Crippen LogP contribution in [0.4, 0.5) is 13.2 Å². The predicted molar refractivity (Wildman–Crippen MR) is 63.7 cm³/mol. The Labute approximate surface area is 108 Å². The smallest absolute Gasteiger partial charge is 0.395 e. The van der Waals surface area contributed by atoms with Gasteiger partial charge in [-0.2, -0.15) is 13.2 Å². The Morgan fingerprint density at radius 1 is 1.47 bits per heavy atom. The molecule has 0 aliphatic rings. The first-order valence-corrected chi connectivity index (χ1v) is 5.51. The normalized spacial score (nSPS) is 11.8. The molecule has 1 heterocycles. The molecule has 106 valence electrons. The summed E-state index contributed by atoms with van der Waals surface area (Å²) in [7, 11) is 0. The number of amidine groups is 1. The summed E-state index contributed by atoms with van der Waals surface area (Å²) < 4.78 is 37.2. The number of nitrogens with two attached hydrogens (primary N) is 1. The van der Waals surface area contributed by atoms with Crippen molar-refractivity contribution in [2.45, 2.75) is 12.7 Å². The van der Waals surface area contributed by atoms with E-state index in [1.54, 1.807) is 12.1 Å². The van der Waals surface area contributed by atoms with Crippen molar-refractivity contribution in [1.29, 1.82) is 5.41 Å². The van der Waals surface area contributed by atoms with Gasteiger partial charge >= 0.3 is 6.18 Å². The number of aromatic nitrogens is 1. The average Bonchev–Trinajstić information content (AvgIpc) is 2.27. The fourth-order valence-corrected chi connectivity index (χ4v) is 1.66. The monoisotopic (exact) mass is 276 g/mol. The van der Waals surface area contributed by atoms with E-state index in [0.29, 0.717) is 5.56 Å². The molecule has 4 N–H and O–H groups in total. The van der Waals surface area contributed by atoms with Gasteiger partial charge in [-0.15, -0.1) is 0 Å². The predicted octanol–water partition coefficient (Wildman–Crippen LogP) is 0.722. The summed E-state index contributed by atoms with van der Waals surface area (Å²) in [5, 5.41) is 16.1. The maximum atomic E-state index is 12.4. The van der Waals surface area contributed by atoms with Crippen LogP contribution in [-0.4, -0.2) is 46.7 Å². The first-order chi connectivity index (χ1) is 8.83. The molecule has 0 aromatic carbocycles. The standard InChI is InChI=1S/C11H15F3N4O/c12-11(13,14)7-18(4-5-19)6-8-2-1-3-17-9(8)10(15)16/h1-3,19H,4-7H2,(H3,15,16). The summed E-state index contributed by atoms with van der Waals surface area (Å²) in [6.07, 6.45) is -2.94. The molecule has 0 bridgehead atoms. The minimum absolute atomic E-state index is 0.0805. The summed E-state index contributed by atoms with van der Waals surface area (Å²) >= 11 is 0. The second-order valence-electron chi connectivity index (χ2n) is 3.97. The van der Waals surface area contributed by atoms with E-state index in [1.807, 2.05) is 0 Å². The lowest BCUT2D eigenvalue weighted by Gasteiger charge is -2.23. The molecule has 0 spiro atoms. The van der Waals surface area contributed by atoms with Crippen molar-refractivity contribution in [3.8, 4) is 0 Å². The van der Waals surface area contributed by atoms with Gasteiger partial charge < -0.3 is 10.8 Å². The molecule has 0 atom stereocenters. The Morgan fingerprint density at radius 3 is 2.68 bits per heavy atom. The van der Waals surface area contributed by atoms with Crippen molar-refractivity contribution in [1.82, 2.24) is 9.88 Å². The lowest BCUT2D eigenvalue weighted by molar-refractivity contribution is -0.148. The number of nitrogens with zero attached hydrogens (tertiary/aromatic N) is 2. The van der Waals surface area contributed by atoms with Gasteiger partial charge in [0.05, 0.1) is 13.2 Å². The third-order valence-electron chi connectivity index (χ3n) is 2.36. The molecule has 1 aromatic heterocycles. The average molecular weight is 276 g/mol. The number of aliphatic hydroxyl groups excluding tert-OH is 1. The SMILES string of the molecule is N=C(N)c1ncccc1CN(CCO)CC(F)(F)F. The summed E-state index contributed by atoms with van der Waals surface area (Å²) in [6, 6.07) is 3.12. The minimum Gasteiger partial charge on any atom is -0.395 e. The molecule has 0 saturated heterocycles. The fraction of sp³-hybridized carbons (Fsp3) is 0.455. The summed E-state index contributed by atoms with van der Waals surface area (Å²) in [4.78, 5) is 4.90. The van der Waals surface area contributed by atoms with Gasteiger partial charge in [-0.05, 0) is 11.6 Å². The zero-order valence-corrected chi connectivity index (χ0v) is 10.1. The Kier molecular flexibility index (Phi) is 5.25. The number of rotatable bonds is 6. The molecule has 0 unspecified atom stereocenters. The first-order valence-electron chi connectivity index (χ1n) is 5.51. The molecule has 0 aliphatic heterocycles. The van der Waals surface area contributed by atoms with E-state index in [0.717, 1.165) is 4.90 Å². The number of aliphatic hydroxyl groups is 1. The first kappa shape index (κ1) is 15.4. The minimum atomic E-state index is -4.35. The maximum absolute atomic E-state index is 12.4. The zero-order chi connectivity index (χ0) is 14.5. The number of nitrogen functional groups attached to an aromatic ring is 1. The van der Waals surface area contributed by atoms with Crippen molar-refractivity contribution in [2.24, 2.45) is 5.73 Å². The zero-order valence-electron chi connectivity index (χ0n) is 10.1. The quantitative estimate of drug-likeness (QED) is 0.528. The molecule has 5 nitrogen and oxygen atoms in total. The van der Waals surface area contributed by atoms with Crippen molar-refractivity contribution in [2.75, 3.05) is 19.7 Å². The van der Waals surface area contributed by atoms with Crippen molar-refractivity contribution in [3.63, 3.8) is 0 Å². The molecule has 0 fully saturated rings. The Morgan fingerprint density at radius 2 is 2.16 bits per heavy atom. The van der Waals surface area contributed by atoms with E-state index < -0.39 is 12.7 Å². The number of alkyl halides is 3. The van der Waals surface area contributed by atoms with Crippen LogP contribution in [0.1, 0.15) is 11.3 Å². The van der Waals surface area contributed by atoms with Crippen molar-refractivity contribution < 1.29 is 18.3 Å². The topological polar surface area (TPSA) is 86.2 Å². The van der Waals surface area contributed by atoms with Crippen molar-refractivity contribution >= 4 is 5.84 Å². The molecular formula is C11H15F3N4O. The van der Waals surface area contributed by atoms with Crippen LogP contribution in [0.25, 0.3) is 0 Å². The van der Waals surface area contributed by atoms with E-state index in [4.69, 9.17) is 16.2 Å². The van der Waals surface area contributed by atoms with Gasteiger partial charge in [0.2, 0.25) is 0 Å². The third kappa shape index (κ3) is 5.23. The number of halogens is 3. The number of pyridine rings is 1. The highest BCUT2D eigenvalue weighted by molar-refractivity contribution is 5.94. The molecule has 0 aliphatic carbocycles. The molecule has 0 amide bonds. The van der Waals surface area contributed by atoms with Crippen LogP contribution in [0.15, 0.2) is 18.3 Å². The Bertz CT molecular complexity index is 436. The largest absolute Gasteiger partial charge is 0.401 e. The third-order valence-corrected chi connectivity index (χ3v) is 2.36. The molecule has 8 heteroatoms. The molecule has 1 rings (SSSR count). The maximum Gasteiger partial charge on any atom is 0.401 e. The number of hydrogen-bond acceptors (Lipinski definition) is 4. The number of nitrogens with one attached hydrogen (secondary N) is 1. The van der Waals surface area contributed by atoms with Crippen LogP contribution >= 0.6 is 0 Å². The van der Waals surface area contributed by atoms with Gasteiger partial charge in [0.25, 0.3) is 0 Å². The van der Waals surface area contributed by atoms with Crippen LogP contribution in [0.3, 0.4) is 0 Å². The van der Waals surface area contributed by atoms with Crippen LogP contribution in [0.2, 0.25) is 0 Å². The van der Waals surface area contributed by atoms with E-state index in [1.165, 1.54) is 6.20 Å². The molecule has 19 heavy (non-hydrogen) atoms. The lowest BCUT2D eigenvalue weighted by Crippen LogP contribution is -2.36. The molecule has 0 radical (unpaired) electrons. The summed E-state index contributed by atoms with van der Waals surface area (Å²) in [6.45, 7) is -1.72. The highest BCUT2D eigenvalue weighted by atomic mass is 19.4. The highest BCUT2D eigenvalue weighted by Crippen LogP contribution is 2.18. The van der Waals surface area contributed by atoms with E-state index in [2.05, 4.69) is 4.98 Å². The fourth-order valence-electron chi connectivity index (χ4n) is 1.66. The molecular weight excluding hydrogens is 261 g/mol. The van der Waals surface area contributed by atoms with Gasteiger partial charge in [-0.25, -0.2) is 0 Å². The van der Waals surface area contributed by atoms with Crippen LogP contribution in [-0.2, 0) is 6.54 Å². The van der Waals surface area contributed by atoms with Crippen LogP contribution in [0.5, 0.6) is 0 Å². The van der Waals surface area contributed by atoms with E-state index in [-0.39, 0.29) is 31.2 Å². The van der Waals surface area contributed by atoms with Crippen LogP contribution < -0.4 is 5.73 Å². The summed E-state index contributed by atoms with van der Waals surface area (Å²) in [5.41, 5.74) is 5.91. The van der Waals surface area contributed by atoms with Crippen molar-refractivity contribution in [3.05, 3.63) is 29.6 Å². The van der Waals surface area contributed by atoms with Gasteiger partial charge in [0.15, 0.2) is 0 Å². The van der Waals surface area contributed by atoms with E-state index >= 15 is 0 Å². The molecule has 0 saturated carbocycles. The van der Waals surface area contributed by atoms with Gasteiger partial charge in [0.1, 0.15) is 11.5 Å². The highest BCUT2D eigenvalue weighted by Gasteiger charge is 2.30. The lowest BCUT2D eigenvalue weighted by atomic mass is 10.1. The van der Waals surface area contributed by atoms with E-state index in [9.17, 15) is 13.2 Å². The summed E-state index contributed by atoms with van der Waals surface area (Å²) in [5.74, 6) is -0.299. The van der Waals surface area contributed by atoms with Gasteiger partial charge in [-0.3, -0.25) is 15.3 Å². The van der Waals surface area contributed by atoms with Gasteiger partial charge in [-0.1, -0.05) is 6.07 Å². The second kappa shape index (κ2) is 6.48.